The van der Waals surface area contributed by atoms with E-state index >= 15 is 0 Å². The van der Waals surface area contributed by atoms with Crippen molar-refractivity contribution in [1.29, 1.82) is 0 Å². The van der Waals surface area contributed by atoms with Crippen molar-refractivity contribution in [2.45, 2.75) is 44.0 Å². The van der Waals surface area contributed by atoms with E-state index in [1.165, 1.54) is 16.7 Å². The van der Waals surface area contributed by atoms with Gasteiger partial charge in [-0.3, -0.25) is 19.4 Å². The van der Waals surface area contributed by atoms with Gasteiger partial charge in [0.25, 0.3) is 5.91 Å². The van der Waals surface area contributed by atoms with Gasteiger partial charge in [0.2, 0.25) is 11.8 Å². The molecule has 0 saturated carbocycles. The Kier molecular flexibility index (Phi) is 9.72. The van der Waals surface area contributed by atoms with Crippen LogP contribution in [0.1, 0.15) is 37.3 Å². The Morgan fingerprint density at radius 1 is 1.10 bits per heavy atom. The Hall–Kier alpha value is -3.70. The molecule has 2 aliphatic heterocycles. The third kappa shape index (κ3) is 6.66. The number of ether oxygens (including phenoxy) is 2. The van der Waals surface area contributed by atoms with Crippen molar-refractivity contribution in [2.24, 2.45) is 9.98 Å². The number of carbonyl (C=O) groups is 3. The highest BCUT2D eigenvalue weighted by Gasteiger charge is 2.43. The molecule has 0 fully saturated rings. The first-order valence-electron chi connectivity index (χ1n) is 12.9. The smallest absolute Gasteiger partial charge is 0.259 e. The third-order valence-electron chi connectivity index (χ3n) is 6.33. The van der Waals surface area contributed by atoms with Crippen molar-refractivity contribution in [3.05, 3.63) is 59.7 Å². The van der Waals surface area contributed by atoms with Crippen LogP contribution in [0.5, 0.6) is 5.75 Å². The Bertz CT molecular complexity index is 1280. The Morgan fingerprint density at radius 2 is 1.87 bits per heavy atom. The molecule has 2 aromatic rings. The van der Waals surface area contributed by atoms with Gasteiger partial charge in [0.15, 0.2) is 5.17 Å². The third-order valence-corrected chi connectivity index (χ3v) is 7.65. The van der Waals surface area contributed by atoms with Crippen molar-refractivity contribution >= 4 is 46.2 Å². The summed E-state index contributed by atoms with van der Waals surface area (Å²) in [5, 5.41) is 5.72. The van der Waals surface area contributed by atoms with Gasteiger partial charge in [-0.05, 0) is 31.0 Å². The van der Waals surface area contributed by atoms with Crippen molar-refractivity contribution < 1.29 is 23.9 Å². The quantitative estimate of drug-likeness (QED) is 0.391. The fourth-order valence-electron chi connectivity index (χ4n) is 4.30. The molecule has 2 N–H and O–H groups in total. The standard InChI is InChI=1S/C28H33N5O5S/c1-4-23(26(35)29-14-9-15-37-2)39-28-32-20-12-7-6-11-19(20)25-31-21(27(36)33(25)28)16-24(34)30-17-18-10-5-8-13-22(18)38-3/h5-8,10-13,21,23H,4,9,14-17H2,1-3H3,(H,29,35)(H,30,34)/t21-,23+/m0/s1. The predicted octanol–water partition coefficient (Wildman–Crippen LogP) is 3.02. The van der Waals surface area contributed by atoms with E-state index in [1.807, 2.05) is 55.5 Å². The number of amides is 3. The first kappa shape index (κ1) is 28.3. The van der Waals surface area contributed by atoms with Crippen LogP contribution in [0.3, 0.4) is 0 Å². The Morgan fingerprint density at radius 3 is 2.64 bits per heavy atom. The highest BCUT2D eigenvalue weighted by Crippen LogP contribution is 2.35. The molecule has 2 heterocycles. The topological polar surface area (TPSA) is 122 Å². The normalized spacial score (nSPS) is 16.5. The molecule has 0 unspecified atom stereocenters. The van der Waals surface area contributed by atoms with E-state index in [4.69, 9.17) is 14.5 Å². The molecule has 4 rings (SSSR count). The number of carbonyl (C=O) groups excluding carboxylic acids is 3. The Labute approximate surface area is 232 Å². The van der Waals surface area contributed by atoms with Gasteiger partial charge in [0.05, 0.1) is 24.5 Å². The molecule has 11 heteroatoms. The van der Waals surface area contributed by atoms with Crippen LogP contribution >= 0.6 is 11.8 Å². The first-order chi connectivity index (χ1) is 19.0. The van der Waals surface area contributed by atoms with Gasteiger partial charge in [0, 0.05) is 37.9 Å². The second-order valence-corrected chi connectivity index (χ2v) is 10.2. The van der Waals surface area contributed by atoms with Gasteiger partial charge >= 0.3 is 0 Å². The first-order valence-corrected chi connectivity index (χ1v) is 13.8. The summed E-state index contributed by atoms with van der Waals surface area (Å²) in [4.78, 5) is 50.1. The van der Waals surface area contributed by atoms with Gasteiger partial charge < -0.3 is 20.1 Å². The zero-order valence-electron chi connectivity index (χ0n) is 22.3. The Balaban J connectivity index is 1.48. The summed E-state index contributed by atoms with van der Waals surface area (Å²) in [6.07, 6.45) is 1.15. The second-order valence-electron chi connectivity index (χ2n) is 9.00. The van der Waals surface area contributed by atoms with Gasteiger partial charge in [0.1, 0.15) is 17.6 Å². The van der Waals surface area contributed by atoms with Gasteiger partial charge in [-0.2, -0.15) is 0 Å². The molecule has 2 aliphatic rings. The number of rotatable bonds is 12. The molecule has 10 nitrogen and oxygen atoms in total. The van der Waals surface area contributed by atoms with Crippen LogP contribution in [0.25, 0.3) is 0 Å². The number of nitrogens with zero attached hydrogens (tertiary/aromatic N) is 3. The highest BCUT2D eigenvalue weighted by molar-refractivity contribution is 8.15. The average Bonchev–Trinajstić information content (AvgIpc) is 3.28. The molecule has 0 spiro atoms. The molecular formula is C28H33N5O5S. The number of nitrogens with one attached hydrogen (secondary N) is 2. The van der Waals surface area contributed by atoms with Crippen molar-refractivity contribution in [1.82, 2.24) is 15.5 Å². The molecule has 0 saturated heterocycles. The van der Waals surface area contributed by atoms with Crippen LogP contribution < -0.4 is 15.4 Å². The molecule has 0 aliphatic carbocycles. The molecule has 2 aromatic carbocycles. The maximum absolute atomic E-state index is 13.6. The minimum absolute atomic E-state index is 0.106. The number of thioether (sulfide) groups is 1. The van der Waals surface area contributed by atoms with Crippen LogP contribution in [0, 0.1) is 0 Å². The van der Waals surface area contributed by atoms with E-state index < -0.39 is 11.3 Å². The minimum atomic E-state index is -0.891. The summed E-state index contributed by atoms with van der Waals surface area (Å²) >= 11 is 1.23. The lowest BCUT2D eigenvalue weighted by molar-refractivity contribution is -0.128. The number of hydrogen-bond donors (Lipinski definition) is 2. The summed E-state index contributed by atoms with van der Waals surface area (Å²) in [6.45, 7) is 3.25. The van der Waals surface area contributed by atoms with E-state index in [0.29, 0.717) is 54.0 Å². The van der Waals surface area contributed by atoms with Crippen molar-refractivity contribution in [3.8, 4) is 5.75 Å². The van der Waals surface area contributed by atoms with E-state index in [1.54, 1.807) is 14.2 Å². The maximum atomic E-state index is 13.6. The average molecular weight is 552 g/mol. The second kappa shape index (κ2) is 13.4. The number of fused-ring (bicyclic) bond motifs is 3. The summed E-state index contributed by atoms with van der Waals surface area (Å²) in [6, 6.07) is 13.9. The fraction of sp³-hybridized carbons (Fsp3) is 0.393. The highest BCUT2D eigenvalue weighted by atomic mass is 32.2. The summed E-state index contributed by atoms with van der Waals surface area (Å²) in [5.41, 5.74) is 2.21. The summed E-state index contributed by atoms with van der Waals surface area (Å²) in [5.74, 6) is 0.358. The number of methoxy groups -OCH3 is 2. The number of amidine groups is 2. The van der Waals surface area contributed by atoms with Gasteiger partial charge in [-0.15, -0.1) is 0 Å². The van der Waals surface area contributed by atoms with Crippen LogP contribution in [-0.2, 0) is 25.7 Å². The molecule has 3 amide bonds. The molecule has 39 heavy (non-hydrogen) atoms. The number of aliphatic imine (C=N–C) groups is 2. The zero-order chi connectivity index (χ0) is 27.8. The van der Waals surface area contributed by atoms with Crippen molar-refractivity contribution in [3.63, 3.8) is 0 Å². The van der Waals surface area contributed by atoms with E-state index in [9.17, 15) is 14.4 Å². The predicted molar refractivity (Wildman–Crippen MR) is 151 cm³/mol. The zero-order valence-corrected chi connectivity index (χ0v) is 23.1. The summed E-state index contributed by atoms with van der Waals surface area (Å²) in [7, 11) is 3.20. The van der Waals surface area contributed by atoms with Crippen LogP contribution in [0.15, 0.2) is 58.5 Å². The van der Waals surface area contributed by atoms with Crippen LogP contribution in [0.4, 0.5) is 5.69 Å². The lowest BCUT2D eigenvalue weighted by atomic mass is 10.1. The minimum Gasteiger partial charge on any atom is -0.496 e. The molecule has 2 atom stereocenters. The van der Waals surface area contributed by atoms with E-state index in [0.717, 1.165) is 5.56 Å². The van der Waals surface area contributed by atoms with Crippen molar-refractivity contribution in [2.75, 3.05) is 27.4 Å². The lowest BCUT2D eigenvalue weighted by Crippen LogP contribution is -2.44. The molecular weight excluding hydrogens is 518 g/mol. The van der Waals surface area contributed by atoms with Crippen LogP contribution in [-0.4, -0.2) is 72.3 Å². The van der Waals surface area contributed by atoms with Gasteiger partial charge in [-0.1, -0.05) is 49.0 Å². The van der Waals surface area contributed by atoms with Crippen LogP contribution in [0.2, 0.25) is 0 Å². The fourth-order valence-corrected chi connectivity index (χ4v) is 5.34. The maximum Gasteiger partial charge on any atom is 0.259 e. The molecule has 206 valence electrons. The monoisotopic (exact) mass is 551 g/mol. The molecule has 0 aromatic heterocycles. The summed E-state index contributed by atoms with van der Waals surface area (Å²) < 4.78 is 10.4. The van der Waals surface area contributed by atoms with Gasteiger partial charge in [-0.25, -0.2) is 9.89 Å². The largest absolute Gasteiger partial charge is 0.496 e. The van der Waals surface area contributed by atoms with E-state index in [2.05, 4.69) is 15.6 Å². The van der Waals surface area contributed by atoms with E-state index in [-0.39, 0.29) is 30.7 Å². The molecule has 0 bridgehead atoms. The SMILES string of the molecule is CC[C@@H](SC1=Nc2ccccc2C2=N[C@@H](CC(=O)NCc3ccccc3OC)C(=O)N12)C(=O)NCCCOC. The number of benzene rings is 2. The number of para-hydroxylation sites is 2. The lowest BCUT2D eigenvalue weighted by Gasteiger charge is -2.27. The molecule has 0 radical (unpaired) electrons. The number of hydrogen-bond acceptors (Lipinski definition) is 8.